The van der Waals surface area contributed by atoms with Crippen LogP contribution in [-0.4, -0.2) is 24.9 Å². The van der Waals surface area contributed by atoms with Crippen molar-refractivity contribution in [3.05, 3.63) is 41.1 Å². The minimum atomic E-state index is -0.492. The lowest BCUT2D eigenvalue weighted by Gasteiger charge is -2.28. The van der Waals surface area contributed by atoms with E-state index < -0.39 is 12.0 Å². The number of urea groups is 1. The van der Waals surface area contributed by atoms with Crippen LogP contribution in [0.4, 0.5) is 4.79 Å². The van der Waals surface area contributed by atoms with Gasteiger partial charge in [0.05, 0.1) is 18.2 Å². The second-order valence-corrected chi connectivity index (χ2v) is 5.44. The van der Waals surface area contributed by atoms with Gasteiger partial charge in [-0.3, -0.25) is 0 Å². The summed E-state index contributed by atoms with van der Waals surface area (Å²) < 4.78 is 5.09. The van der Waals surface area contributed by atoms with Gasteiger partial charge in [0.25, 0.3) is 0 Å². The molecule has 2 N–H and O–H groups in total. The third-order valence-electron chi connectivity index (χ3n) is 3.21. The first kappa shape index (κ1) is 15.4. The van der Waals surface area contributed by atoms with Gasteiger partial charge in [-0.05, 0) is 37.8 Å². The number of esters is 1. The number of ether oxygens (including phenoxy) is 1. The SMILES string of the molecule is CCOC(=O)C1=C(C)NC(=O)N[C@H]1c1ccc(SC)cc1. The first-order valence-corrected chi connectivity index (χ1v) is 7.88. The van der Waals surface area contributed by atoms with E-state index >= 15 is 0 Å². The minimum Gasteiger partial charge on any atom is -0.463 e. The summed E-state index contributed by atoms with van der Waals surface area (Å²) in [4.78, 5) is 25.0. The standard InChI is InChI=1S/C15H18N2O3S/c1-4-20-14(18)12-9(2)16-15(19)17-13(12)10-5-7-11(21-3)8-6-10/h5-8,13H,4H2,1-3H3,(H2,16,17,19)/t13-/m0/s1. The Kier molecular flexibility index (Phi) is 4.90. The molecule has 1 heterocycles. The zero-order valence-electron chi connectivity index (χ0n) is 12.2. The number of benzene rings is 1. The summed E-state index contributed by atoms with van der Waals surface area (Å²) >= 11 is 1.64. The highest BCUT2D eigenvalue weighted by Gasteiger charge is 2.31. The fraction of sp³-hybridized carbons (Fsp3) is 0.333. The van der Waals surface area contributed by atoms with Gasteiger partial charge in [0.1, 0.15) is 0 Å². The van der Waals surface area contributed by atoms with E-state index in [9.17, 15) is 9.59 Å². The van der Waals surface area contributed by atoms with E-state index in [4.69, 9.17) is 4.74 Å². The maximum atomic E-state index is 12.1. The van der Waals surface area contributed by atoms with Gasteiger partial charge in [-0.2, -0.15) is 0 Å². The van der Waals surface area contributed by atoms with E-state index in [0.29, 0.717) is 17.9 Å². The smallest absolute Gasteiger partial charge is 0.338 e. The highest BCUT2D eigenvalue weighted by molar-refractivity contribution is 7.98. The lowest BCUT2D eigenvalue weighted by atomic mass is 9.96. The number of amides is 2. The van der Waals surface area contributed by atoms with Crippen molar-refractivity contribution in [2.75, 3.05) is 12.9 Å². The van der Waals surface area contributed by atoms with E-state index in [1.165, 1.54) is 0 Å². The molecule has 1 aliphatic heterocycles. The van der Waals surface area contributed by atoms with Gasteiger partial charge in [-0.25, -0.2) is 9.59 Å². The highest BCUT2D eigenvalue weighted by Crippen LogP contribution is 2.28. The molecule has 2 rings (SSSR count). The summed E-state index contributed by atoms with van der Waals surface area (Å²) in [6, 6.07) is 6.94. The molecule has 0 radical (unpaired) electrons. The Balaban J connectivity index is 2.39. The number of carbonyl (C=O) groups is 2. The number of carbonyl (C=O) groups excluding carboxylic acids is 2. The zero-order valence-corrected chi connectivity index (χ0v) is 13.0. The fourth-order valence-electron chi connectivity index (χ4n) is 2.22. The second kappa shape index (κ2) is 6.67. The molecule has 0 fully saturated rings. The van der Waals surface area contributed by atoms with Crippen LogP contribution in [0, 0.1) is 0 Å². The quantitative estimate of drug-likeness (QED) is 0.663. The van der Waals surface area contributed by atoms with Crippen LogP contribution in [0.1, 0.15) is 25.5 Å². The predicted molar refractivity (Wildman–Crippen MR) is 82.0 cm³/mol. The molecule has 21 heavy (non-hydrogen) atoms. The van der Waals surface area contributed by atoms with Crippen molar-refractivity contribution in [1.82, 2.24) is 10.6 Å². The third kappa shape index (κ3) is 3.39. The molecule has 0 bridgehead atoms. The van der Waals surface area contributed by atoms with E-state index in [1.807, 2.05) is 30.5 Å². The summed E-state index contributed by atoms with van der Waals surface area (Å²) in [5.74, 6) is -0.415. The Bertz CT molecular complexity index is 581. The molecular formula is C15H18N2O3S. The Labute approximate surface area is 128 Å². The molecule has 112 valence electrons. The van der Waals surface area contributed by atoms with Crippen LogP contribution >= 0.6 is 11.8 Å². The van der Waals surface area contributed by atoms with Gasteiger partial charge in [-0.1, -0.05) is 12.1 Å². The van der Waals surface area contributed by atoms with Crippen molar-refractivity contribution < 1.29 is 14.3 Å². The first-order chi connectivity index (χ1) is 10.1. The topological polar surface area (TPSA) is 67.4 Å². The molecule has 1 aromatic carbocycles. The predicted octanol–water partition coefficient (Wildman–Crippen LogP) is 2.60. The Morgan fingerprint density at radius 2 is 2.00 bits per heavy atom. The average molecular weight is 306 g/mol. The van der Waals surface area contributed by atoms with Gasteiger partial charge in [0.15, 0.2) is 0 Å². The molecule has 1 aromatic rings. The molecule has 0 saturated heterocycles. The van der Waals surface area contributed by atoms with Crippen LogP contribution < -0.4 is 10.6 Å². The molecular weight excluding hydrogens is 288 g/mol. The van der Waals surface area contributed by atoms with Crippen LogP contribution in [0.2, 0.25) is 0 Å². The van der Waals surface area contributed by atoms with Crippen molar-refractivity contribution in [2.45, 2.75) is 24.8 Å². The number of thioether (sulfide) groups is 1. The normalized spacial score (nSPS) is 18.0. The molecule has 0 aliphatic carbocycles. The number of hydrogen-bond acceptors (Lipinski definition) is 4. The van der Waals surface area contributed by atoms with E-state index in [0.717, 1.165) is 10.5 Å². The van der Waals surface area contributed by atoms with Gasteiger partial charge >= 0.3 is 12.0 Å². The summed E-state index contributed by atoms with van der Waals surface area (Å²) in [6.45, 7) is 3.75. The highest BCUT2D eigenvalue weighted by atomic mass is 32.2. The summed E-state index contributed by atoms with van der Waals surface area (Å²) in [5.41, 5.74) is 1.81. The lowest BCUT2D eigenvalue weighted by molar-refractivity contribution is -0.139. The van der Waals surface area contributed by atoms with Gasteiger partial charge in [-0.15, -0.1) is 11.8 Å². The van der Waals surface area contributed by atoms with Crippen molar-refractivity contribution in [2.24, 2.45) is 0 Å². The summed E-state index contributed by atoms with van der Waals surface area (Å²) in [5, 5.41) is 5.39. The maximum absolute atomic E-state index is 12.1. The Hall–Kier alpha value is -1.95. The lowest BCUT2D eigenvalue weighted by Crippen LogP contribution is -2.45. The number of hydrogen-bond donors (Lipinski definition) is 2. The molecule has 1 aliphatic rings. The maximum Gasteiger partial charge on any atom is 0.338 e. The summed E-state index contributed by atoms with van der Waals surface area (Å²) in [6.07, 6.45) is 2.00. The van der Waals surface area contributed by atoms with E-state index in [-0.39, 0.29) is 6.03 Å². The monoisotopic (exact) mass is 306 g/mol. The van der Waals surface area contributed by atoms with Gasteiger partial charge in [0.2, 0.25) is 0 Å². The molecule has 0 saturated carbocycles. The van der Waals surface area contributed by atoms with Crippen LogP contribution in [-0.2, 0) is 9.53 Å². The minimum absolute atomic E-state index is 0.293. The zero-order chi connectivity index (χ0) is 15.4. The molecule has 5 nitrogen and oxygen atoms in total. The van der Waals surface area contributed by atoms with E-state index in [1.54, 1.807) is 25.6 Å². The first-order valence-electron chi connectivity index (χ1n) is 6.66. The van der Waals surface area contributed by atoms with Crippen LogP contribution in [0.15, 0.2) is 40.4 Å². The largest absolute Gasteiger partial charge is 0.463 e. The molecule has 2 amide bonds. The molecule has 0 unspecified atom stereocenters. The van der Waals surface area contributed by atoms with Crippen molar-refractivity contribution in [3.63, 3.8) is 0 Å². The van der Waals surface area contributed by atoms with Gasteiger partial charge in [0, 0.05) is 10.6 Å². The Morgan fingerprint density at radius 3 is 2.57 bits per heavy atom. The molecule has 0 spiro atoms. The van der Waals surface area contributed by atoms with Gasteiger partial charge < -0.3 is 15.4 Å². The molecule has 1 atom stereocenters. The van der Waals surface area contributed by atoms with Crippen molar-refractivity contribution in [1.29, 1.82) is 0 Å². The van der Waals surface area contributed by atoms with Crippen LogP contribution in [0.3, 0.4) is 0 Å². The van der Waals surface area contributed by atoms with Crippen LogP contribution in [0.25, 0.3) is 0 Å². The third-order valence-corrected chi connectivity index (χ3v) is 3.96. The van der Waals surface area contributed by atoms with Crippen LogP contribution in [0.5, 0.6) is 0 Å². The van der Waals surface area contributed by atoms with E-state index in [2.05, 4.69) is 10.6 Å². The second-order valence-electron chi connectivity index (χ2n) is 4.56. The molecule has 0 aromatic heterocycles. The summed E-state index contributed by atoms with van der Waals surface area (Å²) in [7, 11) is 0. The van der Waals surface area contributed by atoms with Crippen molar-refractivity contribution >= 4 is 23.8 Å². The number of allylic oxidation sites excluding steroid dienone is 1. The number of rotatable bonds is 4. The number of nitrogens with one attached hydrogen (secondary N) is 2. The average Bonchev–Trinajstić information content (AvgIpc) is 2.46. The molecule has 6 heteroatoms. The Morgan fingerprint density at radius 1 is 1.33 bits per heavy atom. The van der Waals surface area contributed by atoms with Crippen molar-refractivity contribution in [3.8, 4) is 0 Å². The fourth-order valence-corrected chi connectivity index (χ4v) is 2.63.